The minimum atomic E-state index is -0.724. The van der Waals surface area contributed by atoms with Crippen LogP contribution in [0.4, 0.5) is 0 Å². The molecule has 0 heterocycles. The number of methoxy groups -OCH3 is 1. The van der Waals surface area contributed by atoms with Gasteiger partial charge in [0.15, 0.2) is 0 Å². The van der Waals surface area contributed by atoms with E-state index in [1.54, 1.807) is 7.11 Å². The summed E-state index contributed by atoms with van der Waals surface area (Å²) in [7, 11) is 1.69. The van der Waals surface area contributed by atoms with Gasteiger partial charge in [-0.1, -0.05) is 43.6 Å². The molecule has 0 radical (unpaired) electrons. The van der Waals surface area contributed by atoms with Crippen molar-refractivity contribution in [3.8, 4) is 11.5 Å². The second-order valence-corrected chi connectivity index (χ2v) is 8.28. The minimum Gasteiger partial charge on any atom is -0.494 e. The summed E-state index contributed by atoms with van der Waals surface area (Å²) in [6.07, 6.45) is 0.135. The smallest absolute Gasteiger partial charge is 0.140 e. The third-order valence-corrected chi connectivity index (χ3v) is 5.52. The van der Waals surface area contributed by atoms with Gasteiger partial charge >= 0.3 is 0 Å². The van der Waals surface area contributed by atoms with Gasteiger partial charge in [-0.2, -0.15) is 0 Å². The van der Waals surface area contributed by atoms with Crippen molar-refractivity contribution < 1.29 is 19.3 Å². The predicted molar refractivity (Wildman–Crippen MR) is 119 cm³/mol. The summed E-state index contributed by atoms with van der Waals surface area (Å²) in [4.78, 5) is 0. The number of aliphatic hydroxyl groups is 1. The Morgan fingerprint density at radius 3 is 2.31 bits per heavy atom. The zero-order valence-corrected chi connectivity index (χ0v) is 19.0. The third-order valence-electron chi connectivity index (χ3n) is 4.89. The molecule has 160 valence electrons. The third kappa shape index (κ3) is 6.51. The van der Waals surface area contributed by atoms with Crippen LogP contribution in [0.2, 0.25) is 5.02 Å². The van der Waals surface area contributed by atoms with Crippen molar-refractivity contribution in [3.05, 3.63) is 58.1 Å². The Morgan fingerprint density at radius 1 is 1.03 bits per heavy atom. The number of ether oxygens (including phenoxy) is 3. The normalized spacial score (nSPS) is 12.7. The molecule has 2 aromatic carbocycles. The molecule has 29 heavy (non-hydrogen) atoms. The maximum absolute atomic E-state index is 9.62. The SMILES string of the molecule is COCCCOc1ccc(C(C)(C)c2cc(C)c(OCC(O)CCl)c(Cl)c2)cc1. The van der Waals surface area contributed by atoms with Crippen LogP contribution in [0, 0.1) is 6.92 Å². The van der Waals surface area contributed by atoms with Gasteiger partial charge in [0.25, 0.3) is 0 Å². The molecule has 0 amide bonds. The maximum atomic E-state index is 9.62. The summed E-state index contributed by atoms with van der Waals surface area (Å²) >= 11 is 12.1. The first-order valence-electron chi connectivity index (χ1n) is 9.69. The van der Waals surface area contributed by atoms with E-state index < -0.39 is 6.10 Å². The highest BCUT2D eigenvalue weighted by Crippen LogP contribution is 2.38. The molecule has 2 aromatic rings. The van der Waals surface area contributed by atoms with Gasteiger partial charge in [-0.15, -0.1) is 11.6 Å². The molecule has 1 N–H and O–H groups in total. The van der Waals surface area contributed by atoms with Crippen LogP contribution in [0.25, 0.3) is 0 Å². The Labute approximate surface area is 183 Å². The van der Waals surface area contributed by atoms with Crippen LogP contribution in [0.3, 0.4) is 0 Å². The first-order valence-corrected chi connectivity index (χ1v) is 10.6. The molecule has 0 saturated carbocycles. The molecule has 0 aliphatic heterocycles. The fraction of sp³-hybridized carbons (Fsp3) is 0.478. The Bertz CT molecular complexity index is 752. The van der Waals surface area contributed by atoms with Gasteiger partial charge in [0.05, 0.1) is 17.5 Å². The van der Waals surface area contributed by atoms with Crippen molar-refractivity contribution >= 4 is 23.2 Å². The van der Waals surface area contributed by atoms with Crippen molar-refractivity contribution in [1.29, 1.82) is 0 Å². The molecule has 0 spiro atoms. The van der Waals surface area contributed by atoms with Crippen molar-refractivity contribution in [2.75, 3.05) is 32.8 Å². The van der Waals surface area contributed by atoms with E-state index in [9.17, 15) is 5.11 Å². The Hall–Kier alpha value is -1.46. The van der Waals surface area contributed by atoms with Gasteiger partial charge in [-0.25, -0.2) is 0 Å². The van der Waals surface area contributed by atoms with E-state index in [-0.39, 0.29) is 17.9 Å². The van der Waals surface area contributed by atoms with Gasteiger partial charge in [-0.3, -0.25) is 0 Å². The van der Waals surface area contributed by atoms with Crippen LogP contribution in [0.5, 0.6) is 11.5 Å². The summed E-state index contributed by atoms with van der Waals surface area (Å²) in [5.41, 5.74) is 2.90. The summed E-state index contributed by atoms with van der Waals surface area (Å²) in [5, 5.41) is 10.1. The minimum absolute atomic E-state index is 0.110. The van der Waals surface area contributed by atoms with E-state index >= 15 is 0 Å². The summed E-state index contributed by atoms with van der Waals surface area (Å²) in [6, 6.07) is 12.1. The number of benzene rings is 2. The van der Waals surface area contributed by atoms with Crippen LogP contribution >= 0.6 is 23.2 Å². The summed E-state index contributed by atoms with van der Waals surface area (Å²) in [6.45, 7) is 7.69. The van der Waals surface area contributed by atoms with Crippen molar-refractivity contribution in [2.24, 2.45) is 0 Å². The number of hydrogen-bond donors (Lipinski definition) is 1. The number of aryl methyl sites for hydroxylation is 1. The van der Waals surface area contributed by atoms with Crippen LogP contribution in [0.1, 0.15) is 37.0 Å². The van der Waals surface area contributed by atoms with Gasteiger partial charge in [0.1, 0.15) is 24.2 Å². The molecule has 1 atom stereocenters. The average molecular weight is 441 g/mol. The average Bonchev–Trinajstić information content (AvgIpc) is 2.70. The zero-order chi connectivity index (χ0) is 21.4. The van der Waals surface area contributed by atoms with Gasteiger partial charge in [-0.05, 0) is 41.8 Å². The molecule has 1 unspecified atom stereocenters. The highest BCUT2D eigenvalue weighted by molar-refractivity contribution is 6.32. The van der Waals surface area contributed by atoms with E-state index in [0.29, 0.717) is 24.0 Å². The molecule has 0 aliphatic rings. The van der Waals surface area contributed by atoms with Crippen LogP contribution in [0.15, 0.2) is 36.4 Å². The van der Waals surface area contributed by atoms with E-state index in [0.717, 1.165) is 28.9 Å². The molecule has 2 rings (SSSR count). The molecule has 0 aromatic heterocycles. The molecule has 4 nitrogen and oxygen atoms in total. The first kappa shape index (κ1) is 23.8. The van der Waals surface area contributed by atoms with Crippen LogP contribution < -0.4 is 9.47 Å². The van der Waals surface area contributed by atoms with E-state index in [1.165, 1.54) is 0 Å². The van der Waals surface area contributed by atoms with Crippen molar-refractivity contribution in [2.45, 2.75) is 38.7 Å². The number of alkyl halides is 1. The highest BCUT2D eigenvalue weighted by Gasteiger charge is 2.25. The number of aliphatic hydroxyl groups excluding tert-OH is 1. The standard InChI is InChI=1S/C23H30Cl2O4/c1-16-12-18(13-21(25)22(16)29-15-19(26)14-24)23(2,3)17-6-8-20(9-7-17)28-11-5-10-27-4/h6-9,12-13,19,26H,5,10-11,14-15H2,1-4H3. The van der Waals surface area contributed by atoms with Crippen molar-refractivity contribution in [1.82, 2.24) is 0 Å². The van der Waals surface area contributed by atoms with Gasteiger partial charge in [0.2, 0.25) is 0 Å². The monoisotopic (exact) mass is 440 g/mol. The molecule has 0 saturated heterocycles. The Balaban J connectivity index is 2.15. The lowest BCUT2D eigenvalue weighted by molar-refractivity contribution is 0.125. The fourth-order valence-corrected chi connectivity index (χ4v) is 3.44. The zero-order valence-electron chi connectivity index (χ0n) is 17.5. The number of hydrogen-bond acceptors (Lipinski definition) is 4. The number of halogens is 2. The fourth-order valence-electron chi connectivity index (χ4n) is 3.03. The second kappa shape index (κ2) is 11.1. The molecular formula is C23H30Cl2O4. The van der Waals surface area contributed by atoms with Gasteiger partial charge in [0, 0.05) is 25.6 Å². The lowest BCUT2D eigenvalue weighted by Gasteiger charge is -2.28. The Morgan fingerprint density at radius 2 is 1.72 bits per heavy atom. The highest BCUT2D eigenvalue weighted by atomic mass is 35.5. The van der Waals surface area contributed by atoms with E-state index in [4.69, 9.17) is 37.4 Å². The molecule has 0 bridgehead atoms. The van der Waals surface area contributed by atoms with Crippen molar-refractivity contribution in [3.63, 3.8) is 0 Å². The van der Waals surface area contributed by atoms with Crippen LogP contribution in [-0.4, -0.2) is 44.0 Å². The summed E-state index contributed by atoms with van der Waals surface area (Å²) < 4.78 is 16.5. The van der Waals surface area contributed by atoms with E-state index in [1.807, 2.05) is 25.1 Å². The predicted octanol–water partition coefficient (Wildman–Crippen LogP) is 5.37. The number of rotatable bonds is 11. The van der Waals surface area contributed by atoms with Crippen LogP contribution in [-0.2, 0) is 10.2 Å². The lowest BCUT2D eigenvalue weighted by atomic mass is 9.77. The topological polar surface area (TPSA) is 47.9 Å². The first-order chi connectivity index (χ1) is 13.8. The lowest BCUT2D eigenvalue weighted by Crippen LogP contribution is -2.21. The quantitative estimate of drug-likeness (QED) is 0.376. The molecule has 0 fully saturated rings. The van der Waals surface area contributed by atoms with Gasteiger partial charge < -0.3 is 19.3 Å². The van der Waals surface area contributed by atoms with E-state index in [2.05, 4.69) is 32.0 Å². The molecule has 0 aliphatic carbocycles. The Kier molecular flexibility index (Phi) is 9.09. The largest absolute Gasteiger partial charge is 0.494 e. The maximum Gasteiger partial charge on any atom is 0.140 e. The summed E-state index contributed by atoms with van der Waals surface area (Å²) in [5.74, 6) is 1.54. The second-order valence-electron chi connectivity index (χ2n) is 7.57. The molecule has 6 heteroatoms. The molecular weight excluding hydrogens is 411 g/mol.